The van der Waals surface area contributed by atoms with E-state index in [-0.39, 0.29) is 6.42 Å². The van der Waals surface area contributed by atoms with E-state index in [1.165, 1.54) is 0 Å². The molecule has 5 heteroatoms. The van der Waals surface area contributed by atoms with Gasteiger partial charge in [-0.15, -0.1) is 0 Å². The van der Waals surface area contributed by atoms with Crippen LogP contribution >= 0.6 is 11.6 Å². The van der Waals surface area contributed by atoms with E-state index in [0.717, 1.165) is 27.8 Å². The molecule has 4 nitrogen and oxygen atoms in total. The van der Waals surface area contributed by atoms with Gasteiger partial charge in [0.2, 0.25) is 0 Å². The van der Waals surface area contributed by atoms with Crippen LogP contribution in [-0.4, -0.2) is 30.2 Å². The molecule has 0 radical (unpaired) electrons. The number of pyridine rings is 1. The monoisotopic (exact) mass is 292 g/mol. The Hall–Kier alpha value is -1.81. The maximum absolute atomic E-state index is 10.8. The van der Waals surface area contributed by atoms with Crippen LogP contribution in [0.1, 0.15) is 17.7 Å². The number of halogens is 1. The third-order valence-electron chi connectivity index (χ3n) is 3.15. The van der Waals surface area contributed by atoms with Crippen LogP contribution in [0, 0.1) is 6.92 Å². The highest BCUT2D eigenvalue weighted by Crippen LogP contribution is 2.31. The highest BCUT2D eigenvalue weighted by atomic mass is 35.5. The van der Waals surface area contributed by atoms with Crippen LogP contribution in [0.3, 0.4) is 0 Å². The van der Waals surface area contributed by atoms with Gasteiger partial charge in [0.1, 0.15) is 0 Å². The first kappa shape index (κ1) is 14.6. The molecule has 0 bridgehead atoms. The Bertz CT molecular complexity index is 668. The Kier molecular flexibility index (Phi) is 4.14. The number of carbonyl (C=O) groups is 1. The number of carboxylic acids is 1. The van der Waals surface area contributed by atoms with Crippen molar-refractivity contribution in [3.8, 4) is 0 Å². The third-order valence-corrected chi connectivity index (χ3v) is 3.37. The number of hydrogen-bond donors (Lipinski definition) is 1. The zero-order chi connectivity index (χ0) is 14.9. The number of fused-ring (bicyclic) bond motifs is 1. The van der Waals surface area contributed by atoms with Crippen LogP contribution in [0.15, 0.2) is 18.2 Å². The number of rotatable bonds is 4. The van der Waals surface area contributed by atoms with Gasteiger partial charge in [0.15, 0.2) is 0 Å². The smallest absolute Gasteiger partial charge is 0.303 e. The second kappa shape index (κ2) is 5.67. The van der Waals surface area contributed by atoms with Crippen LogP contribution in [0.4, 0.5) is 5.69 Å². The van der Waals surface area contributed by atoms with E-state index in [0.29, 0.717) is 11.4 Å². The molecule has 0 amide bonds. The van der Waals surface area contributed by atoms with E-state index in [2.05, 4.69) is 4.98 Å². The van der Waals surface area contributed by atoms with Crippen LogP contribution < -0.4 is 4.90 Å². The van der Waals surface area contributed by atoms with E-state index in [9.17, 15) is 4.79 Å². The number of aromatic nitrogens is 1. The van der Waals surface area contributed by atoms with Gasteiger partial charge in [-0.3, -0.25) is 9.78 Å². The van der Waals surface area contributed by atoms with Crippen molar-refractivity contribution in [2.45, 2.75) is 19.8 Å². The minimum atomic E-state index is -0.821. The number of aliphatic carboxylic acids is 1. The summed E-state index contributed by atoms with van der Waals surface area (Å²) in [5.41, 5.74) is 3.65. The van der Waals surface area contributed by atoms with Gasteiger partial charge in [0.25, 0.3) is 0 Å². The minimum Gasteiger partial charge on any atom is -0.481 e. The van der Waals surface area contributed by atoms with E-state index >= 15 is 0 Å². The zero-order valence-electron chi connectivity index (χ0n) is 11.8. The fourth-order valence-electron chi connectivity index (χ4n) is 2.27. The summed E-state index contributed by atoms with van der Waals surface area (Å²) in [5.74, 6) is -0.821. The number of aryl methyl sites for hydroxylation is 2. The largest absolute Gasteiger partial charge is 0.481 e. The Morgan fingerprint density at radius 1 is 1.35 bits per heavy atom. The van der Waals surface area contributed by atoms with Gasteiger partial charge in [-0.2, -0.15) is 0 Å². The second-order valence-electron chi connectivity index (χ2n) is 5.03. The van der Waals surface area contributed by atoms with E-state index in [1.54, 1.807) is 6.07 Å². The lowest BCUT2D eigenvalue weighted by molar-refractivity contribution is -0.136. The predicted molar refractivity (Wildman–Crippen MR) is 81.8 cm³/mol. The topological polar surface area (TPSA) is 53.4 Å². The molecule has 0 aliphatic rings. The van der Waals surface area contributed by atoms with Crippen molar-refractivity contribution in [1.29, 1.82) is 0 Å². The van der Waals surface area contributed by atoms with Crippen molar-refractivity contribution < 1.29 is 9.90 Å². The first-order valence-electron chi connectivity index (χ1n) is 6.37. The molecule has 20 heavy (non-hydrogen) atoms. The SMILES string of the molecule is Cc1cc(N(C)C)c2cc(Cl)cc(CCC(=O)O)c2n1. The molecule has 106 valence electrons. The number of nitrogens with zero attached hydrogens (tertiary/aromatic N) is 2. The van der Waals surface area contributed by atoms with Crippen molar-refractivity contribution in [1.82, 2.24) is 4.98 Å². The highest BCUT2D eigenvalue weighted by Gasteiger charge is 2.12. The summed E-state index contributed by atoms with van der Waals surface area (Å²) < 4.78 is 0. The molecule has 2 aromatic rings. The Morgan fingerprint density at radius 3 is 2.65 bits per heavy atom. The van der Waals surface area contributed by atoms with Crippen LogP contribution in [0.2, 0.25) is 5.02 Å². The average Bonchev–Trinajstić information content (AvgIpc) is 2.35. The minimum absolute atomic E-state index is 0.0718. The maximum Gasteiger partial charge on any atom is 0.303 e. The lowest BCUT2D eigenvalue weighted by Crippen LogP contribution is -2.10. The van der Waals surface area contributed by atoms with Gasteiger partial charge in [0.05, 0.1) is 5.52 Å². The predicted octanol–water partition coefficient (Wildman–Crippen LogP) is 3.28. The molecule has 0 unspecified atom stereocenters. The van der Waals surface area contributed by atoms with Crippen molar-refractivity contribution in [3.63, 3.8) is 0 Å². The molecular formula is C15H17ClN2O2. The molecule has 1 N–H and O–H groups in total. The van der Waals surface area contributed by atoms with Gasteiger partial charge in [-0.05, 0) is 37.1 Å². The molecule has 1 aromatic heterocycles. The Morgan fingerprint density at radius 2 is 2.05 bits per heavy atom. The first-order chi connectivity index (χ1) is 9.38. The number of carboxylic acid groups (broad SMARTS) is 1. The molecule has 0 atom stereocenters. The normalized spacial score (nSPS) is 10.8. The van der Waals surface area contributed by atoms with E-state index in [1.807, 2.05) is 38.1 Å². The first-order valence-corrected chi connectivity index (χ1v) is 6.75. The fourth-order valence-corrected chi connectivity index (χ4v) is 2.51. The molecular weight excluding hydrogens is 276 g/mol. The lowest BCUT2D eigenvalue weighted by Gasteiger charge is -2.17. The maximum atomic E-state index is 10.8. The summed E-state index contributed by atoms with van der Waals surface area (Å²) in [6.45, 7) is 1.93. The third kappa shape index (κ3) is 3.02. The van der Waals surface area contributed by atoms with Crippen LogP contribution in [0.5, 0.6) is 0 Å². The van der Waals surface area contributed by atoms with E-state index in [4.69, 9.17) is 16.7 Å². The number of hydrogen-bond acceptors (Lipinski definition) is 3. The molecule has 0 aliphatic carbocycles. The standard InChI is InChI=1S/C15H17ClN2O2/c1-9-6-13(18(2)3)12-8-11(16)7-10(15(12)17-9)4-5-14(19)20/h6-8H,4-5H2,1-3H3,(H,19,20). The molecule has 1 heterocycles. The number of anilines is 1. The molecule has 2 rings (SSSR count). The fraction of sp³-hybridized carbons (Fsp3) is 0.333. The van der Waals surface area contributed by atoms with Crippen molar-refractivity contribution in [2.24, 2.45) is 0 Å². The average molecular weight is 293 g/mol. The summed E-state index contributed by atoms with van der Waals surface area (Å²) in [7, 11) is 3.93. The second-order valence-corrected chi connectivity index (χ2v) is 5.47. The number of benzene rings is 1. The van der Waals surface area contributed by atoms with Gasteiger partial charge in [-0.1, -0.05) is 11.6 Å². The van der Waals surface area contributed by atoms with Gasteiger partial charge < -0.3 is 10.0 Å². The molecule has 1 aromatic carbocycles. The van der Waals surface area contributed by atoms with Crippen molar-refractivity contribution >= 4 is 34.2 Å². The molecule has 0 aliphatic heterocycles. The zero-order valence-corrected chi connectivity index (χ0v) is 12.5. The summed E-state index contributed by atoms with van der Waals surface area (Å²) >= 11 is 6.16. The molecule has 0 fully saturated rings. The summed E-state index contributed by atoms with van der Waals surface area (Å²) in [5, 5.41) is 10.4. The van der Waals surface area contributed by atoms with Gasteiger partial charge >= 0.3 is 5.97 Å². The van der Waals surface area contributed by atoms with Gasteiger partial charge in [0, 0.05) is 42.3 Å². The van der Waals surface area contributed by atoms with Crippen LogP contribution in [-0.2, 0) is 11.2 Å². The lowest BCUT2D eigenvalue weighted by atomic mass is 10.0. The Labute approximate surface area is 123 Å². The quantitative estimate of drug-likeness (QED) is 0.939. The molecule has 0 saturated carbocycles. The van der Waals surface area contributed by atoms with Crippen molar-refractivity contribution in [3.05, 3.63) is 34.5 Å². The Balaban J connectivity index is 2.66. The summed E-state index contributed by atoms with van der Waals surface area (Å²) in [6, 6.07) is 5.68. The van der Waals surface area contributed by atoms with Crippen molar-refractivity contribution in [2.75, 3.05) is 19.0 Å². The molecule has 0 spiro atoms. The summed E-state index contributed by atoms with van der Waals surface area (Å²) in [6.07, 6.45) is 0.498. The highest BCUT2D eigenvalue weighted by molar-refractivity contribution is 6.31. The molecule has 0 saturated heterocycles. The summed E-state index contributed by atoms with van der Waals surface area (Å²) in [4.78, 5) is 17.3. The van der Waals surface area contributed by atoms with Crippen LogP contribution in [0.25, 0.3) is 10.9 Å². The van der Waals surface area contributed by atoms with Gasteiger partial charge in [-0.25, -0.2) is 0 Å². The van der Waals surface area contributed by atoms with E-state index < -0.39 is 5.97 Å².